The van der Waals surface area contributed by atoms with E-state index in [9.17, 15) is 4.79 Å². The summed E-state index contributed by atoms with van der Waals surface area (Å²) in [4.78, 5) is 17.0. The van der Waals surface area contributed by atoms with Crippen LogP contribution in [0.25, 0.3) is 0 Å². The number of nitrogens with zero attached hydrogens (tertiary/aromatic N) is 2. The summed E-state index contributed by atoms with van der Waals surface area (Å²) in [5, 5.41) is 6.18. The maximum absolute atomic E-state index is 12.0. The molecule has 5 heteroatoms. The first-order chi connectivity index (χ1) is 10.6. The number of piperazine rings is 1. The number of urea groups is 1. The third-order valence-corrected chi connectivity index (χ3v) is 5.27. The Kier molecular flexibility index (Phi) is 6.96. The highest BCUT2D eigenvalue weighted by Crippen LogP contribution is 2.24. The monoisotopic (exact) mass is 310 g/mol. The van der Waals surface area contributed by atoms with Gasteiger partial charge in [0.2, 0.25) is 0 Å². The molecule has 3 atom stereocenters. The number of hydrogen-bond acceptors (Lipinski definition) is 3. The number of likely N-dealkylation sites (N-methyl/N-ethyl adjacent to an activating group) is 1. The van der Waals surface area contributed by atoms with Crippen LogP contribution >= 0.6 is 0 Å². The predicted molar refractivity (Wildman–Crippen MR) is 91.1 cm³/mol. The molecule has 0 aromatic rings. The molecule has 1 aliphatic carbocycles. The smallest absolute Gasteiger partial charge is 0.315 e. The van der Waals surface area contributed by atoms with Crippen LogP contribution in [0.3, 0.4) is 0 Å². The maximum atomic E-state index is 12.0. The van der Waals surface area contributed by atoms with Gasteiger partial charge in [-0.25, -0.2) is 4.79 Å². The Hall–Kier alpha value is -0.810. The van der Waals surface area contributed by atoms with E-state index in [-0.39, 0.29) is 6.03 Å². The van der Waals surface area contributed by atoms with Gasteiger partial charge in [-0.15, -0.1) is 0 Å². The number of carbonyl (C=O) groups excluding carboxylic acids is 1. The van der Waals surface area contributed by atoms with Gasteiger partial charge in [0.25, 0.3) is 0 Å². The lowest BCUT2D eigenvalue weighted by Gasteiger charge is -2.35. The van der Waals surface area contributed by atoms with Crippen molar-refractivity contribution in [3.63, 3.8) is 0 Å². The Balaban J connectivity index is 1.59. The minimum atomic E-state index is 0.0152. The molecule has 0 spiro atoms. The van der Waals surface area contributed by atoms with Crippen LogP contribution in [0, 0.1) is 11.8 Å². The molecule has 2 N–H and O–H groups in total. The molecule has 2 fully saturated rings. The lowest BCUT2D eigenvalue weighted by Crippen LogP contribution is -2.49. The quantitative estimate of drug-likeness (QED) is 0.786. The second kappa shape index (κ2) is 8.73. The van der Waals surface area contributed by atoms with Crippen LogP contribution in [0.1, 0.15) is 40.0 Å². The number of nitrogens with one attached hydrogen (secondary N) is 2. The molecule has 5 nitrogen and oxygen atoms in total. The van der Waals surface area contributed by atoms with Gasteiger partial charge >= 0.3 is 6.03 Å². The van der Waals surface area contributed by atoms with Gasteiger partial charge in [0, 0.05) is 45.3 Å². The molecule has 0 radical (unpaired) electrons. The summed E-state index contributed by atoms with van der Waals surface area (Å²) in [5.74, 6) is 1.12. The Morgan fingerprint density at radius 1 is 1.18 bits per heavy atom. The fourth-order valence-electron chi connectivity index (χ4n) is 3.64. The van der Waals surface area contributed by atoms with Gasteiger partial charge in [-0.2, -0.15) is 0 Å². The van der Waals surface area contributed by atoms with Crippen molar-refractivity contribution in [3.8, 4) is 0 Å². The highest BCUT2D eigenvalue weighted by atomic mass is 16.2. The van der Waals surface area contributed by atoms with Crippen LogP contribution in [0.4, 0.5) is 4.79 Å². The van der Waals surface area contributed by atoms with Crippen LogP contribution in [-0.2, 0) is 0 Å². The van der Waals surface area contributed by atoms with Crippen molar-refractivity contribution in [3.05, 3.63) is 0 Å². The Bertz CT molecular complexity index is 342. The van der Waals surface area contributed by atoms with Crippen LogP contribution in [0.2, 0.25) is 0 Å². The maximum Gasteiger partial charge on any atom is 0.315 e. The standard InChI is InChI=1S/C17H34N4O/c1-4-20-8-10-21(11-9-20)13-14(2)12-18-17(22)19-16-7-5-6-15(16)3/h14-16H,4-13H2,1-3H3,(H2,18,19,22)/t14-,15-,16+/m1/s1. The van der Waals surface area contributed by atoms with Crippen molar-refractivity contribution >= 4 is 6.03 Å². The SMILES string of the molecule is CCN1CCN(C[C@H](C)CNC(=O)N[C@H]2CCC[C@H]2C)CC1. The molecule has 0 bridgehead atoms. The van der Waals surface area contributed by atoms with E-state index in [1.165, 1.54) is 25.9 Å². The molecule has 1 heterocycles. The molecular weight excluding hydrogens is 276 g/mol. The molecule has 1 saturated heterocycles. The van der Waals surface area contributed by atoms with E-state index in [4.69, 9.17) is 0 Å². The normalized spacial score (nSPS) is 28.5. The fraction of sp³-hybridized carbons (Fsp3) is 0.941. The van der Waals surface area contributed by atoms with Gasteiger partial charge < -0.3 is 20.4 Å². The molecule has 128 valence electrons. The van der Waals surface area contributed by atoms with E-state index < -0.39 is 0 Å². The van der Waals surface area contributed by atoms with E-state index >= 15 is 0 Å². The average molecular weight is 310 g/mol. The summed E-state index contributed by atoms with van der Waals surface area (Å²) >= 11 is 0. The van der Waals surface area contributed by atoms with E-state index in [1.807, 2.05) is 0 Å². The van der Waals surface area contributed by atoms with Crippen LogP contribution in [0.5, 0.6) is 0 Å². The molecule has 0 aromatic carbocycles. The largest absolute Gasteiger partial charge is 0.338 e. The fourth-order valence-corrected chi connectivity index (χ4v) is 3.64. The van der Waals surface area contributed by atoms with E-state index in [1.54, 1.807) is 0 Å². The lowest BCUT2D eigenvalue weighted by molar-refractivity contribution is 0.124. The van der Waals surface area contributed by atoms with Gasteiger partial charge in [0.15, 0.2) is 0 Å². The molecule has 0 unspecified atom stereocenters. The predicted octanol–water partition coefficient (Wildman–Crippen LogP) is 1.75. The zero-order chi connectivity index (χ0) is 15.9. The van der Waals surface area contributed by atoms with Crippen molar-refractivity contribution in [2.75, 3.05) is 45.8 Å². The Morgan fingerprint density at radius 2 is 1.86 bits per heavy atom. The zero-order valence-electron chi connectivity index (χ0n) is 14.6. The summed E-state index contributed by atoms with van der Waals surface area (Å²) < 4.78 is 0. The molecule has 1 saturated carbocycles. The highest BCUT2D eigenvalue weighted by molar-refractivity contribution is 5.74. The van der Waals surface area contributed by atoms with Gasteiger partial charge in [-0.1, -0.05) is 27.2 Å². The second-order valence-electron chi connectivity index (χ2n) is 7.21. The molecule has 2 aliphatic rings. The summed E-state index contributed by atoms with van der Waals surface area (Å²) in [6.45, 7) is 14.4. The molecule has 22 heavy (non-hydrogen) atoms. The van der Waals surface area contributed by atoms with Crippen LogP contribution in [0.15, 0.2) is 0 Å². The first kappa shape index (κ1) is 17.5. The zero-order valence-corrected chi connectivity index (χ0v) is 14.6. The van der Waals surface area contributed by atoms with Crippen molar-refractivity contribution in [2.24, 2.45) is 11.8 Å². The highest BCUT2D eigenvalue weighted by Gasteiger charge is 2.24. The first-order valence-electron chi connectivity index (χ1n) is 9.07. The lowest BCUT2D eigenvalue weighted by atomic mass is 10.1. The summed E-state index contributed by atoms with van der Waals surface area (Å²) in [6, 6.07) is 0.388. The minimum absolute atomic E-state index is 0.0152. The molecular formula is C17H34N4O. The summed E-state index contributed by atoms with van der Waals surface area (Å²) in [6.07, 6.45) is 3.61. The molecule has 1 aliphatic heterocycles. The average Bonchev–Trinajstić information content (AvgIpc) is 2.91. The van der Waals surface area contributed by atoms with Crippen molar-refractivity contribution in [2.45, 2.75) is 46.1 Å². The Morgan fingerprint density at radius 3 is 2.45 bits per heavy atom. The minimum Gasteiger partial charge on any atom is -0.338 e. The molecule has 2 rings (SSSR count). The van der Waals surface area contributed by atoms with E-state index in [0.717, 1.165) is 39.1 Å². The number of amides is 2. The summed E-state index contributed by atoms with van der Waals surface area (Å²) in [7, 11) is 0. The topological polar surface area (TPSA) is 47.6 Å². The van der Waals surface area contributed by atoms with Gasteiger partial charge in [0.1, 0.15) is 0 Å². The second-order valence-corrected chi connectivity index (χ2v) is 7.21. The molecule has 2 amide bonds. The van der Waals surface area contributed by atoms with Crippen LogP contribution in [-0.4, -0.2) is 67.7 Å². The van der Waals surface area contributed by atoms with Crippen LogP contribution < -0.4 is 10.6 Å². The Labute approximate surface area is 135 Å². The van der Waals surface area contributed by atoms with E-state index in [0.29, 0.717) is 17.9 Å². The van der Waals surface area contributed by atoms with Crippen molar-refractivity contribution < 1.29 is 4.79 Å². The van der Waals surface area contributed by atoms with E-state index in [2.05, 4.69) is 41.2 Å². The van der Waals surface area contributed by atoms with Crippen molar-refractivity contribution in [1.82, 2.24) is 20.4 Å². The van der Waals surface area contributed by atoms with Gasteiger partial charge in [-0.05, 0) is 31.2 Å². The molecule has 0 aromatic heterocycles. The number of carbonyl (C=O) groups is 1. The number of hydrogen-bond donors (Lipinski definition) is 2. The first-order valence-corrected chi connectivity index (χ1v) is 9.07. The van der Waals surface area contributed by atoms with Gasteiger partial charge in [0.05, 0.1) is 0 Å². The van der Waals surface area contributed by atoms with Crippen molar-refractivity contribution in [1.29, 1.82) is 0 Å². The third-order valence-electron chi connectivity index (χ3n) is 5.27. The third kappa shape index (κ3) is 5.43. The van der Waals surface area contributed by atoms with Gasteiger partial charge in [-0.3, -0.25) is 0 Å². The number of rotatable bonds is 6. The summed E-state index contributed by atoms with van der Waals surface area (Å²) in [5.41, 5.74) is 0.